The second-order valence-electron chi connectivity index (χ2n) is 7.55. The van der Waals surface area contributed by atoms with Crippen LogP contribution in [-0.4, -0.2) is 59.9 Å². The molecule has 1 fully saturated rings. The van der Waals surface area contributed by atoms with Crippen LogP contribution >= 0.6 is 11.6 Å². The van der Waals surface area contributed by atoms with Gasteiger partial charge >= 0.3 is 6.02 Å². The zero-order valence-electron chi connectivity index (χ0n) is 18.2. The summed E-state index contributed by atoms with van der Waals surface area (Å²) < 4.78 is 18.9. The number of guanidine groups is 1. The lowest BCUT2D eigenvalue weighted by Crippen LogP contribution is -2.48. The molecule has 9 heteroatoms. The minimum Gasteiger partial charge on any atom is -0.463 e. The molecule has 1 heterocycles. The van der Waals surface area contributed by atoms with Crippen molar-refractivity contribution in [2.75, 3.05) is 37.7 Å². The van der Waals surface area contributed by atoms with Crippen LogP contribution in [0.15, 0.2) is 53.5 Å². The summed E-state index contributed by atoms with van der Waals surface area (Å²) in [5.74, 6) is -0.225. The van der Waals surface area contributed by atoms with Gasteiger partial charge in [0.25, 0.3) is 0 Å². The maximum Gasteiger partial charge on any atom is 0.320 e. The Bertz CT molecular complexity index is 900. The Morgan fingerprint density at radius 3 is 2.41 bits per heavy atom. The highest BCUT2D eigenvalue weighted by molar-refractivity contribution is 6.30. The van der Waals surface area contributed by atoms with Crippen LogP contribution in [-0.2, 0) is 11.3 Å². The number of halogens is 2. The Morgan fingerprint density at radius 2 is 1.78 bits per heavy atom. The summed E-state index contributed by atoms with van der Waals surface area (Å²) in [6.07, 6.45) is 1.76. The van der Waals surface area contributed by atoms with Gasteiger partial charge in [-0.1, -0.05) is 37.1 Å². The summed E-state index contributed by atoms with van der Waals surface area (Å²) >= 11 is 5.93. The molecule has 0 saturated carbocycles. The van der Waals surface area contributed by atoms with Crippen LogP contribution in [0, 0.1) is 11.2 Å². The number of anilines is 1. The van der Waals surface area contributed by atoms with E-state index in [0.717, 1.165) is 29.2 Å². The largest absolute Gasteiger partial charge is 0.463 e. The molecule has 2 aromatic rings. The number of ether oxygens (including phenoxy) is 1. The Hall–Kier alpha value is -2.84. The monoisotopic (exact) mass is 461 g/mol. The molecule has 0 unspecified atom stereocenters. The molecule has 0 atom stereocenters. The summed E-state index contributed by atoms with van der Waals surface area (Å²) in [6.45, 7) is 5.15. The van der Waals surface area contributed by atoms with Crippen molar-refractivity contribution in [3.63, 3.8) is 0 Å². The molecule has 0 aromatic heterocycles. The molecule has 0 bridgehead atoms. The van der Waals surface area contributed by atoms with E-state index in [1.54, 1.807) is 24.3 Å². The van der Waals surface area contributed by atoms with Gasteiger partial charge in [0, 0.05) is 36.9 Å². The normalized spacial score (nSPS) is 14.4. The molecule has 0 spiro atoms. The first kappa shape index (κ1) is 23.8. The van der Waals surface area contributed by atoms with Crippen molar-refractivity contribution in [3.8, 4) is 0 Å². The first-order chi connectivity index (χ1) is 15.5. The molecule has 0 amide bonds. The third kappa shape index (κ3) is 6.83. The lowest BCUT2D eigenvalue weighted by Gasteiger charge is -2.36. The fraction of sp³-hybridized carbons (Fsp3) is 0.391. The lowest BCUT2D eigenvalue weighted by atomic mass is 10.2. The van der Waals surface area contributed by atoms with Crippen molar-refractivity contribution < 1.29 is 14.3 Å². The minimum atomic E-state index is -0.258. The van der Waals surface area contributed by atoms with Crippen molar-refractivity contribution in [1.82, 2.24) is 9.96 Å². The number of aliphatic imine (C=N–C) groups is 1. The van der Waals surface area contributed by atoms with E-state index >= 15 is 0 Å². The van der Waals surface area contributed by atoms with Crippen LogP contribution in [0.25, 0.3) is 0 Å². The summed E-state index contributed by atoms with van der Waals surface area (Å²) in [5.41, 5.74) is 1.79. The lowest BCUT2D eigenvalue weighted by molar-refractivity contribution is -0.0490. The minimum absolute atomic E-state index is 0.000589. The average molecular weight is 462 g/mol. The van der Waals surface area contributed by atoms with Crippen LogP contribution < -0.4 is 4.90 Å². The van der Waals surface area contributed by atoms with Gasteiger partial charge in [-0.2, -0.15) is 4.99 Å². The number of rotatable bonds is 6. The molecule has 0 aliphatic carbocycles. The predicted molar refractivity (Wildman–Crippen MR) is 125 cm³/mol. The number of amidine groups is 1. The van der Waals surface area contributed by atoms with E-state index in [1.165, 1.54) is 12.1 Å². The number of benzene rings is 2. The Morgan fingerprint density at radius 1 is 1.12 bits per heavy atom. The maximum absolute atomic E-state index is 13.2. The van der Waals surface area contributed by atoms with Crippen LogP contribution in [0.3, 0.4) is 0 Å². The molecule has 2 aromatic carbocycles. The van der Waals surface area contributed by atoms with Crippen LogP contribution in [0.4, 0.5) is 10.1 Å². The van der Waals surface area contributed by atoms with Gasteiger partial charge in [-0.25, -0.2) is 9.45 Å². The molecular formula is C23H29ClFN5O2. The van der Waals surface area contributed by atoms with E-state index in [9.17, 15) is 9.60 Å². The highest BCUT2D eigenvalue weighted by Gasteiger charge is 2.21. The van der Waals surface area contributed by atoms with Gasteiger partial charge in [-0.3, -0.25) is 10.6 Å². The smallest absolute Gasteiger partial charge is 0.320 e. The molecule has 1 aliphatic heterocycles. The SMILES string of the molecule is CCCCOC(=NC(=N)N1CCN(c2ccc(F)cc2)CC1)N(O)Cc1ccc(Cl)cc1. The molecular weight excluding hydrogens is 433 g/mol. The van der Waals surface area contributed by atoms with Crippen LogP contribution in [0.2, 0.25) is 5.02 Å². The first-order valence-electron chi connectivity index (χ1n) is 10.7. The van der Waals surface area contributed by atoms with Crippen LogP contribution in [0.1, 0.15) is 25.3 Å². The highest BCUT2D eigenvalue weighted by atomic mass is 35.5. The summed E-state index contributed by atoms with van der Waals surface area (Å²) in [7, 11) is 0. The molecule has 32 heavy (non-hydrogen) atoms. The summed E-state index contributed by atoms with van der Waals surface area (Å²) in [4.78, 5) is 8.26. The first-order valence-corrected chi connectivity index (χ1v) is 11.1. The van der Waals surface area contributed by atoms with E-state index < -0.39 is 0 Å². The molecule has 0 radical (unpaired) electrons. The fourth-order valence-electron chi connectivity index (χ4n) is 3.29. The molecule has 1 saturated heterocycles. The number of hydroxylamine groups is 2. The predicted octanol–water partition coefficient (Wildman–Crippen LogP) is 4.60. The number of nitrogens with zero attached hydrogens (tertiary/aromatic N) is 4. The Balaban J connectivity index is 1.62. The number of nitrogens with one attached hydrogen (secondary N) is 1. The third-order valence-electron chi connectivity index (χ3n) is 5.17. The fourth-order valence-corrected chi connectivity index (χ4v) is 3.42. The van der Waals surface area contributed by atoms with Crippen molar-refractivity contribution >= 4 is 29.3 Å². The van der Waals surface area contributed by atoms with Gasteiger partial charge in [-0.05, 0) is 48.4 Å². The van der Waals surface area contributed by atoms with E-state index in [1.807, 2.05) is 24.0 Å². The maximum atomic E-state index is 13.2. The van der Waals surface area contributed by atoms with E-state index in [2.05, 4.69) is 9.89 Å². The second kappa shape index (κ2) is 11.7. The highest BCUT2D eigenvalue weighted by Crippen LogP contribution is 2.17. The van der Waals surface area contributed by atoms with E-state index in [-0.39, 0.29) is 24.3 Å². The summed E-state index contributed by atoms with van der Waals surface area (Å²) in [6, 6.07) is 13.5. The number of hydrogen-bond acceptors (Lipinski definition) is 4. The van der Waals surface area contributed by atoms with Crippen molar-refractivity contribution in [2.24, 2.45) is 4.99 Å². The quantitative estimate of drug-likeness (QED) is 0.284. The van der Waals surface area contributed by atoms with Gasteiger partial charge in [-0.15, -0.1) is 0 Å². The zero-order valence-corrected chi connectivity index (χ0v) is 18.9. The average Bonchev–Trinajstić information content (AvgIpc) is 2.80. The number of hydrogen-bond donors (Lipinski definition) is 2. The third-order valence-corrected chi connectivity index (χ3v) is 5.42. The second-order valence-corrected chi connectivity index (χ2v) is 7.99. The molecule has 1 aliphatic rings. The van der Waals surface area contributed by atoms with Gasteiger partial charge in [0.05, 0.1) is 13.2 Å². The molecule has 172 valence electrons. The number of unbranched alkanes of at least 4 members (excludes halogenated alkanes) is 1. The van der Waals surface area contributed by atoms with Crippen molar-refractivity contribution in [1.29, 1.82) is 5.41 Å². The summed E-state index contributed by atoms with van der Waals surface area (Å²) in [5, 5.41) is 20.5. The van der Waals surface area contributed by atoms with Gasteiger partial charge < -0.3 is 14.5 Å². The van der Waals surface area contributed by atoms with Gasteiger partial charge in [0.2, 0.25) is 5.96 Å². The van der Waals surface area contributed by atoms with Crippen LogP contribution in [0.5, 0.6) is 0 Å². The number of piperazine rings is 1. The van der Waals surface area contributed by atoms with Gasteiger partial charge in [0.1, 0.15) is 5.82 Å². The van der Waals surface area contributed by atoms with E-state index in [0.29, 0.717) is 37.8 Å². The standard InChI is InChI=1S/C23H29ClFN5O2/c1-2-3-16-32-23(30(31)17-18-4-6-19(24)7-5-18)27-22(26)29-14-12-28(13-15-29)21-10-8-20(25)9-11-21/h4-11,26,31H,2-3,12-17H2,1H3. The van der Waals surface area contributed by atoms with E-state index in [4.69, 9.17) is 21.7 Å². The Kier molecular flexibility index (Phi) is 8.70. The molecule has 3 rings (SSSR count). The van der Waals surface area contributed by atoms with Crippen molar-refractivity contribution in [2.45, 2.75) is 26.3 Å². The van der Waals surface area contributed by atoms with Gasteiger partial charge in [0.15, 0.2) is 0 Å². The molecule has 7 nitrogen and oxygen atoms in total. The van der Waals surface area contributed by atoms with Crippen molar-refractivity contribution in [3.05, 3.63) is 64.9 Å². The zero-order chi connectivity index (χ0) is 22.9. The Labute approximate surface area is 193 Å². The topological polar surface area (TPSA) is 75.4 Å². The molecule has 2 N–H and O–H groups in total.